The van der Waals surface area contributed by atoms with Crippen LogP contribution in [0.1, 0.15) is 49.5 Å². The molecule has 0 bridgehead atoms. The molecule has 0 radical (unpaired) electrons. The molecule has 0 spiro atoms. The highest BCUT2D eigenvalue weighted by Gasteiger charge is 2.35. The molecular formula is C18H24N2O4. The summed E-state index contributed by atoms with van der Waals surface area (Å²) < 4.78 is 0. The van der Waals surface area contributed by atoms with Crippen molar-refractivity contribution in [2.75, 3.05) is 6.54 Å². The van der Waals surface area contributed by atoms with Crippen LogP contribution in [0.5, 0.6) is 0 Å². The van der Waals surface area contributed by atoms with Gasteiger partial charge in [-0.2, -0.15) is 0 Å². The molecule has 1 aromatic rings. The number of hydrogen-bond acceptors (Lipinski definition) is 3. The zero-order valence-electron chi connectivity index (χ0n) is 14.3. The minimum Gasteiger partial charge on any atom is -0.481 e. The van der Waals surface area contributed by atoms with Gasteiger partial charge < -0.3 is 15.7 Å². The van der Waals surface area contributed by atoms with Gasteiger partial charge >= 0.3 is 5.97 Å². The Hall–Kier alpha value is -2.37. The van der Waals surface area contributed by atoms with E-state index in [0.717, 1.165) is 5.56 Å². The molecule has 1 aromatic carbocycles. The van der Waals surface area contributed by atoms with E-state index in [1.807, 2.05) is 12.1 Å². The molecule has 3 N–H and O–H groups in total. The van der Waals surface area contributed by atoms with E-state index in [9.17, 15) is 14.4 Å². The van der Waals surface area contributed by atoms with Crippen molar-refractivity contribution >= 4 is 17.8 Å². The average molecular weight is 332 g/mol. The van der Waals surface area contributed by atoms with Gasteiger partial charge in [-0.05, 0) is 36.0 Å². The maximum Gasteiger partial charge on any atom is 0.306 e. The lowest BCUT2D eigenvalue weighted by Gasteiger charge is -2.32. The Labute approximate surface area is 141 Å². The molecule has 6 heteroatoms. The molecule has 1 saturated carbocycles. The van der Waals surface area contributed by atoms with Crippen LogP contribution in [0.4, 0.5) is 0 Å². The first kappa shape index (κ1) is 18.0. The number of aliphatic carboxylic acids is 1. The van der Waals surface area contributed by atoms with E-state index < -0.39 is 5.97 Å². The summed E-state index contributed by atoms with van der Waals surface area (Å²) in [7, 11) is 0. The normalized spacial score (nSPS) is 20.0. The lowest BCUT2D eigenvalue weighted by molar-refractivity contribution is -0.146. The van der Waals surface area contributed by atoms with E-state index in [1.165, 1.54) is 0 Å². The Kier molecular flexibility index (Phi) is 5.26. The third-order valence-electron chi connectivity index (χ3n) is 4.28. The van der Waals surface area contributed by atoms with Crippen molar-refractivity contribution < 1.29 is 19.5 Å². The van der Waals surface area contributed by atoms with Crippen molar-refractivity contribution in [2.24, 2.45) is 5.92 Å². The summed E-state index contributed by atoms with van der Waals surface area (Å²) in [6, 6.07) is 7.21. The summed E-state index contributed by atoms with van der Waals surface area (Å²) in [5, 5.41) is 14.1. The van der Waals surface area contributed by atoms with Gasteiger partial charge in [0.15, 0.2) is 0 Å². The standard InChI is InChI=1S/C18H24N2O4/c1-18(2,3)13-6-4-11(5-7-13)16(22)19-10-15(21)20-14-8-12(9-14)17(23)24/h4-7,12,14H,8-10H2,1-3H3,(H,19,22)(H,20,21)(H,23,24). The summed E-state index contributed by atoms with van der Waals surface area (Å²) >= 11 is 0. The Balaban J connectivity index is 1.77. The van der Waals surface area contributed by atoms with Crippen molar-refractivity contribution in [1.29, 1.82) is 0 Å². The molecule has 0 atom stereocenters. The van der Waals surface area contributed by atoms with Gasteiger partial charge in [-0.15, -0.1) is 0 Å². The molecule has 1 aliphatic carbocycles. The number of carboxylic acids is 1. The monoisotopic (exact) mass is 332 g/mol. The highest BCUT2D eigenvalue weighted by molar-refractivity contribution is 5.96. The lowest BCUT2D eigenvalue weighted by Crippen LogP contribution is -2.49. The highest BCUT2D eigenvalue weighted by Crippen LogP contribution is 2.27. The predicted molar refractivity (Wildman–Crippen MR) is 89.8 cm³/mol. The second-order valence-corrected chi connectivity index (χ2v) is 7.28. The third kappa shape index (κ3) is 4.57. The average Bonchev–Trinajstić information content (AvgIpc) is 2.47. The zero-order valence-corrected chi connectivity index (χ0v) is 14.3. The third-order valence-corrected chi connectivity index (χ3v) is 4.28. The van der Waals surface area contributed by atoms with Crippen LogP contribution in [-0.4, -0.2) is 35.5 Å². The zero-order chi connectivity index (χ0) is 17.9. The second-order valence-electron chi connectivity index (χ2n) is 7.28. The van der Waals surface area contributed by atoms with Crippen LogP contribution >= 0.6 is 0 Å². The molecule has 0 aromatic heterocycles. The van der Waals surface area contributed by atoms with E-state index in [0.29, 0.717) is 18.4 Å². The van der Waals surface area contributed by atoms with Crippen molar-refractivity contribution in [3.63, 3.8) is 0 Å². The molecule has 0 saturated heterocycles. The van der Waals surface area contributed by atoms with E-state index >= 15 is 0 Å². The fourth-order valence-electron chi connectivity index (χ4n) is 2.60. The number of benzene rings is 1. The molecule has 0 aliphatic heterocycles. The van der Waals surface area contributed by atoms with Crippen molar-refractivity contribution in [2.45, 2.75) is 45.1 Å². The molecule has 130 valence electrons. The van der Waals surface area contributed by atoms with Gasteiger partial charge in [0.2, 0.25) is 5.91 Å². The van der Waals surface area contributed by atoms with Gasteiger partial charge in [0.1, 0.15) is 0 Å². The summed E-state index contributed by atoms with van der Waals surface area (Å²) in [6.07, 6.45) is 0.895. The largest absolute Gasteiger partial charge is 0.481 e. The number of nitrogens with one attached hydrogen (secondary N) is 2. The van der Waals surface area contributed by atoms with Crippen LogP contribution in [0.2, 0.25) is 0 Å². The molecule has 24 heavy (non-hydrogen) atoms. The fraction of sp³-hybridized carbons (Fsp3) is 0.500. The molecular weight excluding hydrogens is 308 g/mol. The van der Waals surface area contributed by atoms with Crippen molar-refractivity contribution in [3.05, 3.63) is 35.4 Å². The van der Waals surface area contributed by atoms with Gasteiger partial charge in [0, 0.05) is 11.6 Å². The predicted octanol–water partition coefficient (Wildman–Crippen LogP) is 1.69. The van der Waals surface area contributed by atoms with E-state index in [1.54, 1.807) is 12.1 Å². The van der Waals surface area contributed by atoms with E-state index in [4.69, 9.17) is 5.11 Å². The van der Waals surface area contributed by atoms with Gasteiger partial charge in [0.25, 0.3) is 5.91 Å². The molecule has 1 fully saturated rings. The molecule has 0 heterocycles. The van der Waals surface area contributed by atoms with Crippen LogP contribution in [0.25, 0.3) is 0 Å². The maximum absolute atomic E-state index is 12.1. The molecule has 2 amide bonds. The number of carboxylic acid groups (broad SMARTS) is 1. The number of carbonyl (C=O) groups excluding carboxylic acids is 2. The molecule has 1 aliphatic rings. The first-order valence-corrected chi connectivity index (χ1v) is 8.07. The Morgan fingerprint density at radius 2 is 1.71 bits per heavy atom. The minimum absolute atomic E-state index is 0.0193. The smallest absolute Gasteiger partial charge is 0.306 e. The highest BCUT2D eigenvalue weighted by atomic mass is 16.4. The van der Waals surface area contributed by atoms with E-state index in [-0.39, 0.29) is 35.7 Å². The topological polar surface area (TPSA) is 95.5 Å². The summed E-state index contributed by atoms with van der Waals surface area (Å²) in [6.45, 7) is 6.18. The minimum atomic E-state index is -0.826. The molecule has 2 rings (SSSR count). The summed E-state index contributed by atoms with van der Waals surface area (Å²) in [5.41, 5.74) is 1.66. The Morgan fingerprint density at radius 1 is 1.12 bits per heavy atom. The van der Waals surface area contributed by atoms with Crippen LogP contribution < -0.4 is 10.6 Å². The van der Waals surface area contributed by atoms with Gasteiger partial charge in [0.05, 0.1) is 12.5 Å². The van der Waals surface area contributed by atoms with E-state index in [2.05, 4.69) is 31.4 Å². The number of hydrogen-bond donors (Lipinski definition) is 3. The number of carbonyl (C=O) groups is 3. The van der Waals surface area contributed by atoms with Gasteiger partial charge in [-0.3, -0.25) is 14.4 Å². The van der Waals surface area contributed by atoms with Crippen LogP contribution in [0.15, 0.2) is 24.3 Å². The van der Waals surface area contributed by atoms with Crippen LogP contribution in [0.3, 0.4) is 0 Å². The first-order valence-electron chi connectivity index (χ1n) is 8.07. The number of amides is 2. The van der Waals surface area contributed by atoms with Gasteiger partial charge in [-0.25, -0.2) is 0 Å². The molecule has 0 unspecified atom stereocenters. The van der Waals surface area contributed by atoms with Gasteiger partial charge in [-0.1, -0.05) is 32.9 Å². The second kappa shape index (κ2) is 7.03. The van der Waals surface area contributed by atoms with Crippen molar-refractivity contribution in [1.82, 2.24) is 10.6 Å². The Morgan fingerprint density at radius 3 is 2.21 bits per heavy atom. The SMILES string of the molecule is CC(C)(C)c1ccc(C(=O)NCC(=O)NC2CC(C(=O)O)C2)cc1. The van der Waals surface area contributed by atoms with Crippen LogP contribution in [-0.2, 0) is 15.0 Å². The quantitative estimate of drug-likeness (QED) is 0.764. The van der Waals surface area contributed by atoms with Crippen molar-refractivity contribution in [3.8, 4) is 0 Å². The summed E-state index contributed by atoms with van der Waals surface area (Å²) in [5.74, 6) is -1.80. The number of rotatable bonds is 5. The molecule has 6 nitrogen and oxygen atoms in total. The summed E-state index contributed by atoms with van der Waals surface area (Å²) in [4.78, 5) is 34.5. The Bertz CT molecular complexity index is 625. The lowest BCUT2D eigenvalue weighted by atomic mass is 9.80. The maximum atomic E-state index is 12.1. The first-order chi connectivity index (χ1) is 11.2. The fourth-order valence-corrected chi connectivity index (χ4v) is 2.60. The van der Waals surface area contributed by atoms with Crippen LogP contribution in [0, 0.1) is 5.92 Å².